The maximum atomic E-state index is 10.6. The minimum Gasteiger partial charge on any atom is -0.477 e. The Balaban J connectivity index is 2.59. The van der Waals surface area contributed by atoms with Crippen molar-refractivity contribution in [3.05, 3.63) is 24.0 Å². The molecule has 1 heterocycles. The number of hydrogen-bond acceptors (Lipinski definition) is 4. The quantitative estimate of drug-likeness (QED) is 0.597. The number of pyridine rings is 1. The number of aromatic carboxylic acids is 1. The van der Waals surface area contributed by atoms with E-state index in [1.807, 2.05) is 0 Å². The van der Waals surface area contributed by atoms with Gasteiger partial charge >= 0.3 is 5.97 Å². The molecule has 14 heavy (non-hydrogen) atoms. The minimum atomic E-state index is -1.02. The van der Waals surface area contributed by atoms with Crippen LogP contribution in [0.15, 0.2) is 18.3 Å². The summed E-state index contributed by atoms with van der Waals surface area (Å²) in [6, 6.07) is 3.22. The van der Waals surface area contributed by atoms with Crippen LogP contribution in [0.1, 0.15) is 16.9 Å². The molecule has 0 atom stereocenters. The van der Waals surface area contributed by atoms with E-state index in [-0.39, 0.29) is 5.69 Å². The van der Waals surface area contributed by atoms with Gasteiger partial charge in [-0.05, 0) is 25.1 Å². The molecule has 0 spiro atoms. The van der Waals surface area contributed by atoms with Crippen molar-refractivity contribution in [2.24, 2.45) is 5.73 Å². The van der Waals surface area contributed by atoms with Gasteiger partial charge in [-0.25, -0.2) is 9.78 Å². The lowest BCUT2D eigenvalue weighted by Gasteiger charge is -2.04. The number of carboxylic acid groups (broad SMARTS) is 1. The summed E-state index contributed by atoms with van der Waals surface area (Å²) < 4.78 is 0. The summed E-state index contributed by atoms with van der Waals surface area (Å²) >= 11 is 0. The highest BCUT2D eigenvalue weighted by Gasteiger charge is 2.03. The molecule has 0 aliphatic carbocycles. The predicted octanol–water partition coefficient (Wildman–Crippen LogP) is 0.540. The predicted molar refractivity (Wildman–Crippen MR) is 53.4 cm³/mol. The van der Waals surface area contributed by atoms with Crippen molar-refractivity contribution >= 4 is 11.7 Å². The molecular weight excluding hydrogens is 182 g/mol. The van der Waals surface area contributed by atoms with Crippen LogP contribution < -0.4 is 11.1 Å². The molecule has 0 saturated heterocycles. The zero-order chi connectivity index (χ0) is 10.4. The van der Waals surface area contributed by atoms with E-state index in [2.05, 4.69) is 10.3 Å². The lowest BCUT2D eigenvalue weighted by molar-refractivity contribution is 0.0690. The summed E-state index contributed by atoms with van der Waals surface area (Å²) in [5, 5.41) is 11.7. The third-order valence-electron chi connectivity index (χ3n) is 1.69. The van der Waals surface area contributed by atoms with Gasteiger partial charge in [0.05, 0.1) is 0 Å². The van der Waals surface area contributed by atoms with Crippen molar-refractivity contribution in [3.8, 4) is 0 Å². The summed E-state index contributed by atoms with van der Waals surface area (Å²) in [7, 11) is 0. The second-order valence-electron chi connectivity index (χ2n) is 2.80. The van der Waals surface area contributed by atoms with Crippen LogP contribution in [0.25, 0.3) is 0 Å². The Morgan fingerprint density at radius 3 is 3.07 bits per heavy atom. The van der Waals surface area contributed by atoms with Crippen LogP contribution in [0.3, 0.4) is 0 Å². The highest BCUT2D eigenvalue weighted by molar-refractivity contribution is 5.86. The van der Waals surface area contributed by atoms with Gasteiger partial charge in [0.2, 0.25) is 0 Å². The van der Waals surface area contributed by atoms with Crippen LogP contribution in [0.4, 0.5) is 5.69 Å². The van der Waals surface area contributed by atoms with Crippen molar-refractivity contribution in [3.63, 3.8) is 0 Å². The van der Waals surface area contributed by atoms with Crippen LogP contribution in [-0.2, 0) is 0 Å². The average Bonchev–Trinajstić information content (AvgIpc) is 2.19. The maximum absolute atomic E-state index is 10.6. The molecule has 0 bridgehead atoms. The number of hydrogen-bond donors (Lipinski definition) is 3. The molecule has 0 aliphatic rings. The minimum absolute atomic E-state index is 0.0442. The van der Waals surface area contributed by atoms with Gasteiger partial charge in [0.1, 0.15) is 5.69 Å². The van der Waals surface area contributed by atoms with Gasteiger partial charge in [0.15, 0.2) is 0 Å². The third-order valence-corrected chi connectivity index (χ3v) is 1.69. The molecule has 5 heteroatoms. The molecule has 0 aliphatic heterocycles. The first-order valence-corrected chi connectivity index (χ1v) is 4.37. The topological polar surface area (TPSA) is 88.2 Å². The van der Waals surface area contributed by atoms with E-state index < -0.39 is 5.97 Å². The van der Waals surface area contributed by atoms with Crippen LogP contribution in [0.2, 0.25) is 0 Å². The molecule has 4 N–H and O–H groups in total. The normalized spacial score (nSPS) is 9.79. The highest BCUT2D eigenvalue weighted by atomic mass is 16.4. The second-order valence-corrected chi connectivity index (χ2v) is 2.80. The molecule has 1 aromatic rings. The summed E-state index contributed by atoms with van der Waals surface area (Å²) in [5.74, 6) is -1.02. The Bertz CT molecular complexity index is 315. The number of nitrogens with two attached hydrogens (primary N) is 1. The fourth-order valence-electron chi connectivity index (χ4n) is 0.992. The molecule has 0 unspecified atom stereocenters. The number of aromatic nitrogens is 1. The van der Waals surface area contributed by atoms with Crippen LogP contribution in [0.5, 0.6) is 0 Å². The SMILES string of the molecule is NCCCNc1ccnc(C(=O)O)c1. The maximum Gasteiger partial charge on any atom is 0.354 e. The van der Waals surface area contributed by atoms with Crippen molar-refractivity contribution in [2.45, 2.75) is 6.42 Å². The summed E-state index contributed by atoms with van der Waals surface area (Å²) in [5.41, 5.74) is 6.12. The molecule has 1 rings (SSSR count). The third kappa shape index (κ3) is 3.02. The Morgan fingerprint density at radius 2 is 2.43 bits per heavy atom. The Kier molecular flexibility index (Phi) is 3.87. The van der Waals surface area contributed by atoms with Crippen LogP contribution in [-0.4, -0.2) is 29.1 Å². The monoisotopic (exact) mass is 195 g/mol. The molecule has 0 amide bonds. The van der Waals surface area contributed by atoms with Crippen molar-refractivity contribution in [2.75, 3.05) is 18.4 Å². The van der Waals surface area contributed by atoms with E-state index in [0.717, 1.165) is 18.7 Å². The van der Waals surface area contributed by atoms with E-state index in [0.29, 0.717) is 6.54 Å². The number of carboxylic acids is 1. The Hall–Kier alpha value is -1.62. The van der Waals surface area contributed by atoms with Crippen molar-refractivity contribution in [1.29, 1.82) is 0 Å². The van der Waals surface area contributed by atoms with E-state index in [1.165, 1.54) is 12.3 Å². The van der Waals surface area contributed by atoms with Crippen LogP contribution in [0, 0.1) is 0 Å². The largest absolute Gasteiger partial charge is 0.477 e. The number of carbonyl (C=O) groups is 1. The number of nitrogens with zero attached hydrogens (tertiary/aromatic N) is 1. The molecule has 0 saturated carbocycles. The standard InChI is InChI=1S/C9H13N3O2/c10-3-1-4-11-7-2-5-12-8(6-7)9(13)14/h2,5-6H,1,3-4,10H2,(H,11,12)(H,13,14). The van der Waals surface area contributed by atoms with E-state index in [9.17, 15) is 4.79 Å². The van der Waals surface area contributed by atoms with Gasteiger partial charge in [-0.15, -0.1) is 0 Å². The molecular formula is C9H13N3O2. The van der Waals surface area contributed by atoms with Gasteiger partial charge < -0.3 is 16.2 Å². The Morgan fingerprint density at radius 1 is 1.64 bits per heavy atom. The number of rotatable bonds is 5. The number of anilines is 1. The zero-order valence-electron chi connectivity index (χ0n) is 7.73. The first kappa shape index (κ1) is 10.5. The highest BCUT2D eigenvalue weighted by Crippen LogP contribution is 2.07. The first-order chi connectivity index (χ1) is 6.74. The van der Waals surface area contributed by atoms with Gasteiger partial charge in [-0.1, -0.05) is 0 Å². The fraction of sp³-hybridized carbons (Fsp3) is 0.333. The molecule has 0 fully saturated rings. The Labute approximate surface area is 82.0 Å². The fourth-order valence-corrected chi connectivity index (χ4v) is 0.992. The number of nitrogens with one attached hydrogen (secondary N) is 1. The average molecular weight is 195 g/mol. The smallest absolute Gasteiger partial charge is 0.354 e. The molecule has 5 nitrogen and oxygen atoms in total. The van der Waals surface area contributed by atoms with E-state index in [1.54, 1.807) is 6.07 Å². The van der Waals surface area contributed by atoms with E-state index >= 15 is 0 Å². The summed E-state index contributed by atoms with van der Waals surface area (Å²) in [4.78, 5) is 14.3. The van der Waals surface area contributed by atoms with Gasteiger partial charge in [0, 0.05) is 18.4 Å². The van der Waals surface area contributed by atoms with Gasteiger partial charge in [0.25, 0.3) is 0 Å². The second kappa shape index (κ2) is 5.18. The summed E-state index contributed by atoms with van der Waals surface area (Å²) in [6.45, 7) is 1.35. The van der Waals surface area contributed by atoms with Gasteiger partial charge in [-0.3, -0.25) is 0 Å². The molecule has 1 aromatic heterocycles. The lowest BCUT2D eigenvalue weighted by Crippen LogP contribution is -2.09. The first-order valence-electron chi connectivity index (χ1n) is 4.37. The van der Waals surface area contributed by atoms with Gasteiger partial charge in [-0.2, -0.15) is 0 Å². The summed E-state index contributed by atoms with van der Waals surface area (Å²) in [6.07, 6.45) is 2.32. The molecule has 0 aromatic carbocycles. The van der Waals surface area contributed by atoms with Crippen LogP contribution >= 0.6 is 0 Å². The molecule has 76 valence electrons. The zero-order valence-corrected chi connectivity index (χ0v) is 7.73. The molecule has 0 radical (unpaired) electrons. The van der Waals surface area contributed by atoms with Crippen molar-refractivity contribution < 1.29 is 9.90 Å². The van der Waals surface area contributed by atoms with Crippen molar-refractivity contribution in [1.82, 2.24) is 4.98 Å². The lowest BCUT2D eigenvalue weighted by atomic mass is 10.3. The van der Waals surface area contributed by atoms with E-state index in [4.69, 9.17) is 10.8 Å².